The lowest BCUT2D eigenvalue weighted by Gasteiger charge is -2.24. The number of hydrogen-bond donors (Lipinski definition) is 8. The number of rotatable bonds is 16. The van der Waals surface area contributed by atoms with E-state index in [9.17, 15) is 28.8 Å². The molecule has 0 fully saturated rings. The largest absolute Gasteiger partial charge is 0.481 e. The van der Waals surface area contributed by atoms with Crippen LogP contribution in [0.25, 0.3) is 0 Å². The molecule has 4 amide bonds. The summed E-state index contributed by atoms with van der Waals surface area (Å²) in [4.78, 5) is 70.4. The molecule has 0 aliphatic rings. The van der Waals surface area contributed by atoms with Gasteiger partial charge in [0.1, 0.15) is 18.1 Å². The molecule has 0 radical (unpaired) electrons. The van der Waals surface area contributed by atoms with Crippen molar-refractivity contribution in [3.05, 3.63) is 0 Å². The van der Waals surface area contributed by atoms with Gasteiger partial charge in [-0.05, 0) is 39.2 Å². The molecule has 4 atom stereocenters. The average molecular weight is 460 g/mol. The molecule has 0 rings (SSSR count). The maximum atomic E-state index is 12.7. The summed E-state index contributed by atoms with van der Waals surface area (Å²) in [5, 5.41) is 24.8. The van der Waals surface area contributed by atoms with E-state index < -0.39 is 66.2 Å². The van der Waals surface area contributed by atoms with Gasteiger partial charge in [0, 0.05) is 6.42 Å². The van der Waals surface area contributed by atoms with Crippen LogP contribution in [-0.4, -0.2) is 76.5 Å². The van der Waals surface area contributed by atoms with Crippen LogP contribution in [0.15, 0.2) is 0 Å². The van der Waals surface area contributed by atoms with Gasteiger partial charge >= 0.3 is 11.9 Å². The molecule has 14 heteroatoms. The van der Waals surface area contributed by atoms with Gasteiger partial charge in [0.25, 0.3) is 0 Å². The highest BCUT2D eigenvalue weighted by atomic mass is 16.4. The first-order chi connectivity index (χ1) is 14.9. The summed E-state index contributed by atoms with van der Waals surface area (Å²) in [5.41, 5.74) is 16.0. The van der Waals surface area contributed by atoms with Gasteiger partial charge in [-0.3, -0.25) is 24.0 Å². The summed E-state index contributed by atoms with van der Waals surface area (Å²) in [6, 6.07) is -5.14. The lowest BCUT2D eigenvalue weighted by atomic mass is 10.0. The van der Waals surface area contributed by atoms with Crippen LogP contribution in [0.5, 0.6) is 0 Å². The van der Waals surface area contributed by atoms with Crippen LogP contribution in [0.4, 0.5) is 0 Å². The number of hydrogen-bond acceptors (Lipinski definition) is 8. The molecule has 0 aliphatic carbocycles. The third-order valence-corrected chi connectivity index (χ3v) is 4.30. The van der Waals surface area contributed by atoms with Gasteiger partial charge in [0.15, 0.2) is 0 Å². The minimum absolute atomic E-state index is 0.0674. The first-order valence-corrected chi connectivity index (χ1v) is 9.98. The standard InChI is InChI=1S/C18H32N6O8/c1-9(20)15(28)22-11(5-6-13(21)25)17(30)23-10(4-2-3-7-19)16(29)24-12(18(31)32)8-14(26)27/h9-12H,2-8,19-20H2,1H3,(H2,21,25)(H,22,28)(H,23,30)(H,24,29)(H,26,27)(H,31,32). The molecule has 0 heterocycles. The Bertz CT molecular complexity index is 699. The van der Waals surface area contributed by atoms with Gasteiger partial charge in [-0.25, -0.2) is 4.79 Å². The molecule has 4 unspecified atom stereocenters. The quantitative estimate of drug-likeness (QED) is 0.107. The Morgan fingerprint density at radius 3 is 1.75 bits per heavy atom. The molecular formula is C18H32N6O8. The molecule has 0 spiro atoms. The third-order valence-electron chi connectivity index (χ3n) is 4.30. The van der Waals surface area contributed by atoms with Gasteiger partial charge < -0.3 is 43.4 Å². The van der Waals surface area contributed by atoms with Crippen molar-refractivity contribution in [2.24, 2.45) is 17.2 Å². The second kappa shape index (κ2) is 14.7. The molecule has 0 aromatic rings. The smallest absolute Gasteiger partial charge is 0.326 e. The second-order valence-electron chi connectivity index (χ2n) is 7.20. The Kier molecular flexibility index (Phi) is 13.2. The molecule has 14 nitrogen and oxygen atoms in total. The van der Waals surface area contributed by atoms with Crippen LogP contribution >= 0.6 is 0 Å². The molecule has 0 aromatic carbocycles. The summed E-state index contributed by atoms with van der Waals surface area (Å²) in [6.07, 6.45) is -0.296. The van der Waals surface area contributed by atoms with Crippen LogP contribution < -0.4 is 33.2 Å². The van der Waals surface area contributed by atoms with E-state index in [2.05, 4.69) is 16.0 Å². The highest BCUT2D eigenvalue weighted by Crippen LogP contribution is 2.06. The molecule has 0 aliphatic heterocycles. The van der Waals surface area contributed by atoms with Crippen LogP contribution in [0, 0.1) is 0 Å². The van der Waals surface area contributed by atoms with E-state index >= 15 is 0 Å². The third kappa shape index (κ3) is 11.8. The Hall–Kier alpha value is -3.26. The van der Waals surface area contributed by atoms with Crippen molar-refractivity contribution in [1.29, 1.82) is 0 Å². The predicted molar refractivity (Wildman–Crippen MR) is 111 cm³/mol. The number of carboxylic acids is 2. The molecule has 0 saturated carbocycles. The highest BCUT2D eigenvalue weighted by molar-refractivity contribution is 5.94. The number of carboxylic acid groups (broad SMARTS) is 2. The fraction of sp³-hybridized carbons (Fsp3) is 0.667. The number of nitrogens with one attached hydrogen (secondary N) is 3. The zero-order chi connectivity index (χ0) is 24.8. The second-order valence-corrected chi connectivity index (χ2v) is 7.20. The van der Waals surface area contributed by atoms with E-state index in [0.29, 0.717) is 19.4 Å². The summed E-state index contributed by atoms with van der Waals surface area (Å²) < 4.78 is 0. The fourth-order valence-electron chi connectivity index (χ4n) is 2.54. The van der Waals surface area contributed by atoms with Gasteiger partial charge in [-0.1, -0.05) is 0 Å². The van der Waals surface area contributed by atoms with Crippen LogP contribution in [-0.2, 0) is 28.8 Å². The summed E-state index contributed by atoms with van der Waals surface area (Å²) in [5.74, 6) is -6.13. The zero-order valence-corrected chi connectivity index (χ0v) is 17.8. The first kappa shape index (κ1) is 28.7. The Labute approximate surface area is 184 Å². The minimum atomic E-state index is -1.71. The van der Waals surface area contributed by atoms with E-state index in [1.54, 1.807) is 0 Å². The minimum Gasteiger partial charge on any atom is -0.481 e. The lowest BCUT2D eigenvalue weighted by molar-refractivity contribution is -0.147. The molecule has 182 valence electrons. The van der Waals surface area contributed by atoms with Crippen molar-refractivity contribution in [3.8, 4) is 0 Å². The zero-order valence-electron chi connectivity index (χ0n) is 17.8. The number of carbonyl (C=O) groups is 6. The van der Waals surface area contributed by atoms with Crippen molar-refractivity contribution >= 4 is 35.6 Å². The van der Waals surface area contributed by atoms with Crippen LogP contribution in [0.3, 0.4) is 0 Å². The highest BCUT2D eigenvalue weighted by Gasteiger charge is 2.30. The van der Waals surface area contributed by atoms with Crippen molar-refractivity contribution < 1.29 is 39.0 Å². The predicted octanol–water partition coefficient (Wildman–Crippen LogP) is -3.26. The molecular weight excluding hydrogens is 428 g/mol. The maximum absolute atomic E-state index is 12.7. The van der Waals surface area contributed by atoms with Crippen molar-refractivity contribution in [2.45, 2.75) is 69.6 Å². The van der Waals surface area contributed by atoms with Crippen molar-refractivity contribution in [3.63, 3.8) is 0 Å². The number of carbonyl (C=O) groups excluding carboxylic acids is 4. The molecule has 0 aromatic heterocycles. The SMILES string of the molecule is CC(N)C(=O)NC(CCC(N)=O)C(=O)NC(CCCCN)C(=O)NC(CC(=O)O)C(=O)O. The Morgan fingerprint density at radius 2 is 1.31 bits per heavy atom. The Balaban J connectivity index is 5.49. The number of aliphatic carboxylic acids is 2. The van der Waals surface area contributed by atoms with E-state index in [1.807, 2.05) is 0 Å². The molecule has 0 saturated heterocycles. The van der Waals surface area contributed by atoms with E-state index in [0.717, 1.165) is 0 Å². The molecule has 0 bridgehead atoms. The summed E-state index contributed by atoms with van der Waals surface area (Å²) in [7, 11) is 0. The van der Waals surface area contributed by atoms with E-state index in [4.69, 9.17) is 27.4 Å². The van der Waals surface area contributed by atoms with Gasteiger partial charge in [0.05, 0.1) is 12.5 Å². The number of unbranched alkanes of at least 4 members (excludes halogenated alkanes) is 1. The van der Waals surface area contributed by atoms with Crippen molar-refractivity contribution in [2.75, 3.05) is 6.54 Å². The van der Waals surface area contributed by atoms with Crippen LogP contribution in [0.1, 0.15) is 45.4 Å². The summed E-state index contributed by atoms with van der Waals surface area (Å²) >= 11 is 0. The van der Waals surface area contributed by atoms with E-state index in [-0.39, 0.29) is 19.3 Å². The Morgan fingerprint density at radius 1 is 0.812 bits per heavy atom. The molecule has 32 heavy (non-hydrogen) atoms. The first-order valence-electron chi connectivity index (χ1n) is 9.98. The van der Waals surface area contributed by atoms with Crippen molar-refractivity contribution in [1.82, 2.24) is 16.0 Å². The van der Waals surface area contributed by atoms with Gasteiger partial charge in [-0.15, -0.1) is 0 Å². The fourth-order valence-corrected chi connectivity index (χ4v) is 2.54. The number of amides is 4. The van der Waals surface area contributed by atoms with Gasteiger partial charge in [-0.2, -0.15) is 0 Å². The molecule has 11 N–H and O–H groups in total. The average Bonchev–Trinajstić information content (AvgIpc) is 2.68. The van der Waals surface area contributed by atoms with Gasteiger partial charge in [0.2, 0.25) is 23.6 Å². The number of primary amides is 1. The van der Waals surface area contributed by atoms with Crippen LogP contribution in [0.2, 0.25) is 0 Å². The normalized spacial score (nSPS) is 14.3. The maximum Gasteiger partial charge on any atom is 0.326 e. The monoisotopic (exact) mass is 460 g/mol. The summed E-state index contributed by atoms with van der Waals surface area (Å²) in [6.45, 7) is 1.70. The lowest BCUT2D eigenvalue weighted by Crippen LogP contribution is -2.57. The van der Waals surface area contributed by atoms with E-state index in [1.165, 1.54) is 6.92 Å². The number of nitrogens with two attached hydrogens (primary N) is 3. The topological polar surface area (TPSA) is 257 Å².